The summed E-state index contributed by atoms with van der Waals surface area (Å²) in [5.74, 6) is 0. The van der Waals surface area contributed by atoms with E-state index < -0.39 is 5.56 Å². The van der Waals surface area contributed by atoms with Crippen LogP contribution in [0.15, 0.2) is 9.59 Å². The van der Waals surface area contributed by atoms with E-state index in [1.165, 1.54) is 0 Å². The largest absolute Gasteiger partial charge is 0.315 e. The summed E-state index contributed by atoms with van der Waals surface area (Å²) in [5.41, 5.74) is -0.152. The van der Waals surface area contributed by atoms with Gasteiger partial charge in [0, 0.05) is 0 Å². The third kappa shape index (κ3) is 1.27. The number of fused-ring (bicyclic) bond motifs is 1. The average molecular weight is 210 g/mol. The Morgan fingerprint density at radius 1 is 1.14 bits per heavy atom. The molecule has 0 fully saturated rings. The van der Waals surface area contributed by atoms with Crippen LogP contribution >= 0.6 is 12.2 Å². The molecule has 6 nitrogen and oxygen atoms in total. The smallest absolute Gasteiger partial charge is 0.277 e. The normalized spacial score (nSPS) is 10.6. The Hall–Kier alpha value is -1.76. The zero-order valence-electron chi connectivity index (χ0n) is 7.17. The van der Waals surface area contributed by atoms with Gasteiger partial charge in [-0.05, 0) is 19.1 Å². The fourth-order valence-corrected chi connectivity index (χ4v) is 1.29. The summed E-state index contributed by atoms with van der Waals surface area (Å²) in [6.45, 7) is 1.55. The molecule has 0 amide bonds. The highest BCUT2D eigenvalue weighted by molar-refractivity contribution is 7.71. The van der Waals surface area contributed by atoms with Crippen LogP contribution in [0.2, 0.25) is 0 Å². The van der Waals surface area contributed by atoms with Crippen LogP contribution in [0, 0.1) is 11.7 Å². The van der Waals surface area contributed by atoms with Crippen LogP contribution in [0.5, 0.6) is 0 Å². The van der Waals surface area contributed by atoms with Gasteiger partial charge in [0.25, 0.3) is 11.1 Å². The molecule has 0 saturated heterocycles. The molecule has 0 aliphatic carbocycles. The molecular weight excluding hydrogens is 204 g/mol. The Kier molecular flexibility index (Phi) is 1.81. The van der Waals surface area contributed by atoms with E-state index in [4.69, 9.17) is 12.2 Å². The Bertz CT molecular complexity index is 666. The molecule has 0 aliphatic heterocycles. The lowest BCUT2D eigenvalue weighted by molar-refractivity contribution is 1.04. The third-order valence-corrected chi connectivity index (χ3v) is 1.97. The Balaban J connectivity index is 3.11. The number of hydrogen-bond donors (Lipinski definition) is 3. The summed E-state index contributed by atoms with van der Waals surface area (Å²) in [6, 6.07) is 0. The van der Waals surface area contributed by atoms with Crippen molar-refractivity contribution in [3.8, 4) is 0 Å². The number of nitrogens with one attached hydrogen (secondary N) is 3. The Morgan fingerprint density at radius 2 is 1.86 bits per heavy atom. The van der Waals surface area contributed by atoms with Gasteiger partial charge >= 0.3 is 0 Å². The molecule has 0 aromatic carbocycles. The first-order valence-corrected chi connectivity index (χ1v) is 4.22. The molecule has 0 aliphatic rings. The maximum atomic E-state index is 11.3. The maximum absolute atomic E-state index is 11.3. The highest BCUT2D eigenvalue weighted by Crippen LogP contribution is 1.95. The molecule has 2 aromatic rings. The van der Waals surface area contributed by atoms with Crippen LogP contribution in [-0.4, -0.2) is 19.9 Å². The fourth-order valence-electron chi connectivity index (χ4n) is 1.10. The average Bonchev–Trinajstić information content (AvgIpc) is 2.08. The molecule has 0 unspecified atom stereocenters. The monoisotopic (exact) mass is 210 g/mol. The first-order valence-electron chi connectivity index (χ1n) is 3.81. The molecule has 3 N–H and O–H groups in total. The predicted octanol–water partition coefficient (Wildman–Crippen LogP) is -0.0226. The minimum Gasteiger partial charge on any atom is -0.315 e. The molecule has 2 rings (SSSR count). The number of hydrogen-bond acceptors (Lipinski definition) is 4. The van der Waals surface area contributed by atoms with Gasteiger partial charge in [-0.15, -0.1) is 0 Å². The summed E-state index contributed by atoms with van der Waals surface area (Å²) in [5, 5.41) is 0. The predicted molar refractivity (Wildman–Crippen MR) is 52.9 cm³/mol. The van der Waals surface area contributed by atoms with Gasteiger partial charge in [-0.25, -0.2) is 4.98 Å². The van der Waals surface area contributed by atoms with E-state index in [0.717, 1.165) is 0 Å². The second kappa shape index (κ2) is 2.88. The highest BCUT2D eigenvalue weighted by atomic mass is 32.1. The van der Waals surface area contributed by atoms with Crippen molar-refractivity contribution in [2.24, 2.45) is 0 Å². The minimum atomic E-state index is -0.451. The van der Waals surface area contributed by atoms with Crippen LogP contribution in [0.1, 0.15) is 5.69 Å². The summed E-state index contributed by atoms with van der Waals surface area (Å²) in [4.78, 5) is 33.8. The number of H-pyrrole nitrogens is 3. The van der Waals surface area contributed by atoms with Gasteiger partial charge < -0.3 is 9.97 Å². The van der Waals surface area contributed by atoms with Gasteiger partial charge in [0.2, 0.25) is 0 Å². The molecule has 0 radical (unpaired) electrons. The number of rotatable bonds is 0. The van der Waals surface area contributed by atoms with Gasteiger partial charge in [-0.2, -0.15) is 0 Å². The van der Waals surface area contributed by atoms with Gasteiger partial charge in [0.15, 0.2) is 15.9 Å². The molecule has 14 heavy (non-hydrogen) atoms. The number of nitrogens with zero attached hydrogens (tertiary/aromatic N) is 1. The number of aryl methyl sites for hydroxylation is 1. The summed E-state index contributed by atoms with van der Waals surface area (Å²) in [7, 11) is 0. The van der Waals surface area contributed by atoms with Crippen molar-refractivity contribution < 1.29 is 0 Å². The van der Waals surface area contributed by atoms with Crippen molar-refractivity contribution >= 4 is 23.4 Å². The molecule has 7 heteroatoms. The van der Waals surface area contributed by atoms with Gasteiger partial charge in [-0.3, -0.25) is 14.6 Å². The lowest BCUT2D eigenvalue weighted by Crippen LogP contribution is -2.19. The van der Waals surface area contributed by atoms with E-state index in [9.17, 15) is 9.59 Å². The molecule has 72 valence electrons. The first kappa shape index (κ1) is 8.82. The third-order valence-electron chi connectivity index (χ3n) is 1.77. The van der Waals surface area contributed by atoms with Crippen molar-refractivity contribution in [2.75, 3.05) is 0 Å². The van der Waals surface area contributed by atoms with Gasteiger partial charge in [0.1, 0.15) is 5.69 Å². The van der Waals surface area contributed by atoms with Crippen molar-refractivity contribution in [2.45, 2.75) is 6.92 Å². The van der Waals surface area contributed by atoms with Crippen molar-refractivity contribution in [1.82, 2.24) is 19.9 Å². The van der Waals surface area contributed by atoms with E-state index in [2.05, 4.69) is 19.9 Å². The molecule has 0 bridgehead atoms. The van der Waals surface area contributed by atoms with E-state index in [-0.39, 0.29) is 27.2 Å². The van der Waals surface area contributed by atoms with Crippen LogP contribution in [0.4, 0.5) is 0 Å². The van der Waals surface area contributed by atoms with Crippen LogP contribution in [-0.2, 0) is 0 Å². The minimum absolute atomic E-state index is 0.106. The number of aromatic nitrogens is 4. The highest BCUT2D eigenvalue weighted by Gasteiger charge is 2.03. The van der Waals surface area contributed by atoms with Crippen molar-refractivity contribution in [3.05, 3.63) is 31.2 Å². The standard InChI is InChI=1S/C7H6N4O2S/c1-2-5(12)9-3-4(8-2)10-7(14)11-6(3)13/h1H3,(H,9,12)(H2,8,10,11,13,14). The van der Waals surface area contributed by atoms with Crippen molar-refractivity contribution in [3.63, 3.8) is 0 Å². The Labute approximate surface area is 82.0 Å². The molecular formula is C7H6N4O2S. The lowest BCUT2D eigenvalue weighted by atomic mass is 10.4. The molecule has 2 aromatic heterocycles. The molecule has 0 spiro atoms. The summed E-state index contributed by atoms with van der Waals surface area (Å²) >= 11 is 4.76. The van der Waals surface area contributed by atoms with Crippen molar-refractivity contribution in [1.29, 1.82) is 0 Å². The van der Waals surface area contributed by atoms with E-state index in [1.807, 2.05) is 0 Å². The van der Waals surface area contributed by atoms with Crippen LogP contribution in [0.25, 0.3) is 11.2 Å². The number of aromatic amines is 3. The fraction of sp³-hybridized carbons (Fsp3) is 0.143. The van der Waals surface area contributed by atoms with Gasteiger partial charge in [0.05, 0.1) is 0 Å². The van der Waals surface area contributed by atoms with E-state index in [1.54, 1.807) is 6.92 Å². The second-order valence-electron chi connectivity index (χ2n) is 2.78. The van der Waals surface area contributed by atoms with Crippen LogP contribution in [0.3, 0.4) is 0 Å². The molecule has 2 heterocycles. The zero-order valence-corrected chi connectivity index (χ0v) is 7.99. The molecule has 0 saturated carbocycles. The SMILES string of the molecule is Cc1nc2[nH]c(=S)[nH]c(=O)c2[nH]c1=O. The second-order valence-corrected chi connectivity index (χ2v) is 3.19. The van der Waals surface area contributed by atoms with Crippen LogP contribution < -0.4 is 11.1 Å². The van der Waals surface area contributed by atoms with E-state index >= 15 is 0 Å². The zero-order chi connectivity index (χ0) is 10.3. The Morgan fingerprint density at radius 3 is 2.57 bits per heavy atom. The topological polar surface area (TPSA) is 94.4 Å². The van der Waals surface area contributed by atoms with Gasteiger partial charge in [-0.1, -0.05) is 0 Å². The summed E-state index contributed by atoms with van der Waals surface area (Å²) in [6.07, 6.45) is 0. The summed E-state index contributed by atoms with van der Waals surface area (Å²) < 4.78 is 0.182. The quantitative estimate of drug-likeness (QED) is 0.532. The maximum Gasteiger partial charge on any atom is 0.277 e. The molecule has 0 atom stereocenters. The van der Waals surface area contributed by atoms with E-state index in [0.29, 0.717) is 0 Å². The first-order chi connectivity index (χ1) is 6.58. The lowest BCUT2D eigenvalue weighted by Gasteiger charge is -1.96.